The Morgan fingerprint density at radius 1 is 0.853 bits per heavy atom. The van der Waals surface area contributed by atoms with Crippen LogP contribution in [0.4, 0.5) is 14.9 Å². The third kappa shape index (κ3) is 4.93. The molecule has 1 aliphatic heterocycles. The second kappa shape index (κ2) is 9.95. The molecule has 0 radical (unpaired) electrons. The van der Waals surface area contributed by atoms with Gasteiger partial charge >= 0.3 is 6.03 Å². The van der Waals surface area contributed by atoms with E-state index in [4.69, 9.17) is 0 Å². The molecule has 1 atom stereocenters. The van der Waals surface area contributed by atoms with E-state index in [9.17, 15) is 23.6 Å². The van der Waals surface area contributed by atoms with Gasteiger partial charge in [0.25, 0.3) is 11.8 Å². The fourth-order valence-corrected chi connectivity index (χ4v) is 3.53. The minimum Gasteiger partial charge on any atom is -0.352 e. The molecule has 0 bridgehead atoms. The Hall–Kier alpha value is -4.53. The van der Waals surface area contributed by atoms with Crippen LogP contribution in [0.15, 0.2) is 84.9 Å². The SMILES string of the molecule is O=C(C[C@H]1C(=O)N(c2ccc(F)cc2)C(=O)N1NC(=O)c1ccccc1)NCc1ccccc1. The van der Waals surface area contributed by atoms with Crippen molar-refractivity contribution in [1.82, 2.24) is 15.8 Å². The van der Waals surface area contributed by atoms with Crippen molar-refractivity contribution in [3.05, 3.63) is 102 Å². The van der Waals surface area contributed by atoms with Crippen molar-refractivity contribution in [3.8, 4) is 0 Å². The number of carbonyl (C=O) groups excluding carboxylic acids is 4. The van der Waals surface area contributed by atoms with Crippen LogP contribution in [0.3, 0.4) is 0 Å². The fourth-order valence-electron chi connectivity index (χ4n) is 3.53. The molecular weight excluding hydrogens is 439 g/mol. The van der Waals surface area contributed by atoms with Gasteiger partial charge in [0.05, 0.1) is 12.1 Å². The maximum atomic E-state index is 13.4. The average molecular weight is 460 g/mol. The topological polar surface area (TPSA) is 98.8 Å². The monoisotopic (exact) mass is 460 g/mol. The molecule has 1 saturated heterocycles. The molecule has 0 spiro atoms. The van der Waals surface area contributed by atoms with E-state index in [0.29, 0.717) is 0 Å². The Balaban J connectivity index is 1.55. The number of imide groups is 1. The molecule has 0 aromatic heterocycles. The van der Waals surface area contributed by atoms with Crippen LogP contribution < -0.4 is 15.6 Å². The summed E-state index contributed by atoms with van der Waals surface area (Å²) in [6.45, 7) is 0.243. The molecule has 1 aliphatic rings. The van der Waals surface area contributed by atoms with Crippen molar-refractivity contribution in [3.63, 3.8) is 0 Å². The number of carbonyl (C=O) groups is 4. The second-order valence-electron chi connectivity index (χ2n) is 7.59. The highest BCUT2D eigenvalue weighted by atomic mass is 19.1. The van der Waals surface area contributed by atoms with Crippen molar-refractivity contribution >= 4 is 29.4 Å². The van der Waals surface area contributed by atoms with E-state index in [0.717, 1.165) is 27.6 Å². The van der Waals surface area contributed by atoms with Crippen molar-refractivity contribution in [1.29, 1.82) is 0 Å². The predicted molar refractivity (Wildman–Crippen MR) is 122 cm³/mol. The van der Waals surface area contributed by atoms with Gasteiger partial charge in [0.15, 0.2) is 0 Å². The number of rotatable bonds is 7. The van der Waals surface area contributed by atoms with Gasteiger partial charge in [-0.15, -0.1) is 0 Å². The summed E-state index contributed by atoms with van der Waals surface area (Å²) in [7, 11) is 0. The zero-order valence-corrected chi connectivity index (χ0v) is 18.0. The van der Waals surface area contributed by atoms with Gasteiger partial charge in [-0.05, 0) is 42.0 Å². The molecule has 8 nitrogen and oxygen atoms in total. The summed E-state index contributed by atoms with van der Waals surface area (Å²) in [6.07, 6.45) is -0.371. The maximum Gasteiger partial charge on any atom is 0.350 e. The molecule has 1 fully saturated rings. The zero-order chi connectivity index (χ0) is 24.1. The van der Waals surface area contributed by atoms with Crippen LogP contribution in [0.5, 0.6) is 0 Å². The summed E-state index contributed by atoms with van der Waals surface area (Å²) in [6, 6.07) is 20.0. The van der Waals surface area contributed by atoms with Crippen LogP contribution in [-0.2, 0) is 16.1 Å². The number of hydrazine groups is 1. The van der Waals surface area contributed by atoms with Crippen molar-refractivity contribution in [2.45, 2.75) is 19.0 Å². The summed E-state index contributed by atoms with van der Waals surface area (Å²) in [5.41, 5.74) is 3.71. The summed E-state index contributed by atoms with van der Waals surface area (Å²) < 4.78 is 13.4. The standard InChI is InChI=1S/C25H21FN4O4/c26-19-11-13-20(14-12-19)29-24(33)21(15-22(31)27-16-17-7-3-1-4-8-17)30(25(29)34)28-23(32)18-9-5-2-6-10-18/h1-14,21H,15-16H2,(H,27,31)(H,28,32)/t21-/m0/s1. The molecule has 5 amide bonds. The maximum absolute atomic E-state index is 13.4. The molecular formula is C25H21FN4O4. The van der Waals surface area contributed by atoms with Gasteiger partial charge in [-0.1, -0.05) is 48.5 Å². The van der Waals surface area contributed by atoms with Crippen LogP contribution in [0.2, 0.25) is 0 Å². The van der Waals surface area contributed by atoms with E-state index in [1.807, 2.05) is 30.3 Å². The first kappa shape index (κ1) is 22.7. The largest absolute Gasteiger partial charge is 0.352 e. The molecule has 2 N–H and O–H groups in total. The molecule has 0 saturated carbocycles. The predicted octanol–water partition coefficient (Wildman–Crippen LogP) is 3.01. The van der Waals surface area contributed by atoms with Crippen molar-refractivity contribution < 1.29 is 23.6 Å². The number of amides is 5. The summed E-state index contributed by atoms with van der Waals surface area (Å²) in [5, 5.41) is 3.57. The molecule has 3 aromatic rings. The van der Waals surface area contributed by atoms with E-state index in [-0.39, 0.29) is 24.2 Å². The third-order valence-electron chi connectivity index (χ3n) is 5.27. The van der Waals surface area contributed by atoms with Gasteiger partial charge in [-0.3, -0.25) is 19.8 Å². The first-order valence-corrected chi connectivity index (χ1v) is 10.5. The smallest absolute Gasteiger partial charge is 0.350 e. The normalized spacial score (nSPS) is 15.4. The highest BCUT2D eigenvalue weighted by Crippen LogP contribution is 2.26. The Labute approximate surface area is 194 Å². The lowest BCUT2D eigenvalue weighted by Crippen LogP contribution is -2.50. The minimum absolute atomic E-state index is 0.127. The van der Waals surface area contributed by atoms with Gasteiger partial charge in [0, 0.05) is 12.1 Å². The molecule has 9 heteroatoms. The van der Waals surface area contributed by atoms with Crippen LogP contribution >= 0.6 is 0 Å². The third-order valence-corrected chi connectivity index (χ3v) is 5.27. The Kier molecular flexibility index (Phi) is 6.63. The fraction of sp³-hybridized carbons (Fsp3) is 0.120. The average Bonchev–Trinajstić information content (AvgIpc) is 3.08. The van der Waals surface area contributed by atoms with E-state index < -0.39 is 35.6 Å². The Bertz CT molecular complexity index is 1200. The van der Waals surface area contributed by atoms with Gasteiger partial charge < -0.3 is 5.32 Å². The van der Waals surface area contributed by atoms with Crippen molar-refractivity contribution in [2.24, 2.45) is 0 Å². The molecule has 172 valence electrons. The van der Waals surface area contributed by atoms with Gasteiger partial charge in [-0.25, -0.2) is 19.1 Å². The summed E-state index contributed by atoms with van der Waals surface area (Å²) >= 11 is 0. The lowest BCUT2D eigenvalue weighted by Gasteiger charge is -2.22. The zero-order valence-electron chi connectivity index (χ0n) is 18.0. The molecule has 0 unspecified atom stereocenters. The summed E-state index contributed by atoms with van der Waals surface area (Å²) in [4.78, 5) is 52.5. The quantitative estimate of drug-likeness (QED) is 0.530. The number of anilines is 1. The number of nitrogens with one attached hydrogen (secondary N) is 2. The molecule has 1 heterocycles. The Morgan fingerprint density at radius 3 is 2.12 bits per heavy atom. The number of hydrogen-bond acceptors (Lipinski definition) is 4. The van der Waals surface area contributed by atoms with E-state index >= 15 is 0 Å². The van der Waals surface area contributed by atoms with E-state index in [1.165, 1.54) is 12.1 Å². The van der Waals surface area contributed by atoms with Crippen LogP contribution in [0.25, 0.3) is 0 Å². The first-order valence-electron chi connectivity index (χ1n) is 10.5. The van der Waals surface area contributed by atoms with Crippen LogP contribution in [0.1, 0.15) is 22.3 Å². The number of hydrogen-bond donors (Lipinski definition) is 2. The van der Waals surface area contributed by atoms with E-state index in [1.54, 1.807) is 30.3 Å². The van der Waals surface area contributed by atoms with Crippen LogP contribution in [0, 0.1) is 5.82 Å². The minimum atomic E-state index is -1.28. The molecule has 4 rings (SSSR count). The molecule has 34 heavy (non-hydrogen) atoms. The first-order chi connectivity index (χ1) is 16.4. The van der Waals surface area contributed by atoms with Crippen LogP contribution in [-0.4, -0.2) is 34.8 Å². The number of halogens is 1. The highest BCUT2D eigenvalue weighted by molar-refractivity contribution is 6.22. The molecule has 3 aromatic carbocycles. The van der Waals surface area contributed by atoms with Crippen molar-refractivity contribution in [2.75, 3.05) is 4.90 Å². The molecule has 0 aliphatic carbocycles. The lowest BCUT2D eigenvalue weighted by molar-refractivity contribution is -0.127. The number of nitrogens with zero attached hydrogens (tertiary/aromatic N) is 2. The Morgan fingerprint density at radius 2 is 1.47 bits per heavy atom. The van der Waals surface area contributed by atoms with Gasteiger partial charge in [0.1, 0.15) is 11.9 Å². The second-order valence-corrected chi connectivity index (χ2v) is 7.59. The highest BCUT2D eigenvalue weighted by Gasteiger charge is 2.48. The van der Waals surface area contributed by atoms with E-state index in [2.05, 4.69) is 10.7 Å². The lowest BCUT2D eigenvalue weighted by atomic mass is 10.1. The number of urea groups is 1. The number of benzene rings is 3. The van der Waals surface area contributed by atoms with Gasteiger partial charge in [-0.2, -0.15) is 0 Å². The summed E-state index contributed by atoms with van der Waals surface area (Å²) in [5.74, 6) is -2.33. The van der Waals surface area contributed by atoms with Gasteiger partial charge in [0.2, 0.25) is 5.91 Å².